The van der Waals surface area contributed by atoms with Crippen LogP contribution >= 0.6 is 11.6 Å². The van der Waals surface area contributed by atoms with Crippen molar-refractivity contribution in [2.45, 2.75) is 19.4 Å². The summed E-state index contributed by atoms with van der Waals surface area (Å²) in [5, 5.41) is 17.1. The molecule has 9 nitrogen and oxygen atoms in total. The van der Waals surface area contributed by atoms with Crippen molar-refractivity contribution in [3.63, 3.8) is 0 Å². The number of hydrogen-bond donors (Lipinski definition) is 3. The summed E-state index contributed by atoms with van der Waals surface area (Å²) in [5.41, 5.74) is 1.75. The third kappa shape index (κ3) is 7.41. The van der Waals surface area contributed by atoms with E-state index in [4.69, 9.17) is 16.6 Å². The predicted octanol–water partition coefficient (Wildman–Crippen LogP) is 2.60. The topological polar surface area (TPSA) is 111 Å². The van der Waals surface area contributed by atoms with Crippen LogP contribution in [0.5, 0.6) is 0 Å². The van der Waals surface area contributed by atoms with Crippen molar-refractivity contribution < 1.29 is 14.7 Å². The van der Waals surface area contributed by atoms with Crippen molar-refractivity contribution in [2.24, 2.45) is 0 Å². The summed E-state index contributed by atoms with van der Waals surface area (Å²) in [5.74, 6) is 1.57. The molecule has 0 spiro atoms. The molecular weight excluding hydrogens is 492 g/mol. The van der Waals surface area contributed by atoms with E-state index in [1.54, 1.807) is 17.0 Å². The normalized spacial score (nSPS) is 14.2. The lowest BCUT2D eigenvalue weighted by Gasteiger charge is -2.36. The van der Waals surface area contributed by atoms with E-state index >= 15 is 0 Å². The van der Waals surface area contributed by atoms with Crippen LogP contribution in [0.1, 0.15) is 12.5 Å². The summed E-state index contributed by atoms with van der Waals surface area (Å²) in [6.45, 7) is 4.58. The highest BCUT2D eigenvalue weighted by Gasteiger charge is 2.27. The fraction of sp³-hybridized carbons (Fsp3) is 0.333. The van der Waals surface area contributed by atoms with Gasteiger partial charge in [-0.2, -0.15) is 0 Å². The lowest BCUT2D eigenvalue weighted by molar-refractivity contribution is -0.140. The zero-order chi connectivity index (χ0) is 26.2. The number of carbonyl (C=O) groups excluding carboxylic acids is 2. The van der Waals surface area contributed by atoms with E-state index in [-0.39, 0.29) is 11.8 Å². The maximum absolute atomic E-state index is 12.8. The molecule has 1 aliphatic heterocycles. The highest BCUT2D eigenvalue weighted by atomic mass is 35.5. The second-order valence-corrected chi connectivity index (χ2v) is 9.31. The van der Waals surface area contributed by atoms with E-state index in [0.717, 1.165) is 16.9 Å². The second-order valence-electron chi connectivity index (χ2n) is 8.87. The number of carbonyl (C=O) groups is 2. The SMILES string of the molecule is CC(=O)NCCNc1cc(N2CCN(C(=O)C(O)Cc3ccccc3)CC2)nc(-c2ccc(Cl)cc2)n1. The zero-order valence-electron chi connectivity index (χ0n) is 20.7. The Morgan fingerprint density at radius 2 is 1.70 bits per heavy atom. The number of piperazine rings is 1. The Morgan fingerprint density at radius 3 is 2.38 bits per heavy atom. The highest BCUT2D eigenvalue weighted by molar-refractivity contribution is 6.30. The van der Waals surface area contributed by atoms with Gasteiger partial charge in [0.2, 0.25) is 5.91 Å². The maximum Gasteiger partial charge on any atom is 0.251 e. The van der Waals surface area contributed by atoms with Crippen LogP contribution in [0, 0.1) is 0 Å². The number of hydrogen-bond acceptors (Lipinski definition) is 7. The van der Waals surface area contributed by atoms with Crippen molar-refractivity contribution in [2.75, 3.05) is 49.5 Å². The number of rotatable bonds is 9. The van der Waals surface area contributed by atoms with Gasteiger partial charge in [0.15, 0.2) is 5.82 Å². The van der Waals surface area contributed by atoms with Crippen molar-refractivity contribution in [3.8, 4) is 11.4 Å². The van der Waals surface area contributed by atoms with Crippen molar-refractivity contribution in [1.82, 2.24) is 20.2 Å². The first-order valence-electron chi connectivity index (χ1n) is 12.3. The molecule has 2 amide bonds. The molecule has 1 aromatic heterocycles. The molecule has 0 radical (unpaired) electrons. The number of anilines is 2. The van der Waals surface area contributed by atoms with E-state index in [1.165, 1.54) is 6.92 Å². The lowest BCUT2D eigenvalue weighted by Crippen LogP contribution is -2.52. The molecule has 3 N–H and O–H groups in total. The van der Waals surface area contributed by atoms with Crippen molar-refractivity contribution >= 4 is 35.1 Å². The summed E-state index contributed by atoms with van der Waals surface area (Å²) in [4.78, 5) is 37.2. The Bertz CT molecular complexity index is 1200. The predicted molar refractivity (Wildman–Crippen MR) is 145 cm³/mol. The van der Waals surface area contributed by atoms with Gasteiger partial charge >= 0.3 is 0 Å². The van der Waals surface area contributed by atoms with Crippen LogP contribution in [0.15, 0.2) is 60.7 Å². The molecule has 0 aliphatic carbocycles. The number of aliphatic hydroxyl groups is 1. The Labute approximate surface area is 221 Å². The smallest absolute Gasteiger partial charge is 0.251 e. The van der Waals surface area contributed by atoms with Gasteiger partial charge in [-0.25, -0.2) is 9.97 Å². The quantitative estimate of drug-likeness (QED) is 0.370. The third-order valence-electron chi connectivity index (χ3n) is 6.09. The Kier molecular flexibility index (Phi) is 8.92. The minimum absolute atomic E-state index is 0.0895. The Morgan fingerprint density at radius 1 is 1.00 bits per heavy atom. The van der Waals surface area contributed by atoms with Crippen LogP contribution in [0.2, 0.25) is 5.02 Å². The van der Waals surface area contributed by atoms with Gasteiger partial charge in [0.25, 0.3) is 5.91 Å². The minimum atomic E-state index is -1.07. The van der Waals surface area contributed by atoms with Gasteiger partial charge in [-0.05, 0) is 29.8 Å². The molecule has 3 aromatic rings. The van der Waals surface area contributed by atoms with Crippen LogP contribution in [0.4, 0.5) is 11.6 Å². The molecule has 10 heteroatoms. The fourth-order valence-electron chi connectivity index (χ4n) is 4.14. The van der Waals surface area contributed by atoms with Crippen molar-refractivity contribution in [3.05, 3.63) is 71.2 Å². The van der Waals surface area contributed by atoms with Gasteiger partial charge in [0, 0.05) is 69.3 Å². The van der Waals surface area contributed by atoms with Crippen LogP contribution in [-0.2, 0) is 16.0 Å². The van der Waals surface area contributed by atoms with E-state index < -0.39 is 6.10 Å². The van der Waals surface area contributed by atoms with Crippen LogP contribution in [0.3, 0.4) is 0 Å². The number of amides is 2. The van der Waals surface area contributed by atoms with Gasteiger partial charge < -0.3 is 25.5 Å². The second kappa shape index (κ2) is 12.5. The monoisotopic (exact) mass is 522 g/mol. The molecule has 0 saturated carbocycles. The van der Waals surface area contributed by atoms with Crippen LogP contribution in [-0.4, -0.2) is 77.2 Å². The lowest BCUT2D eigenvalue weighted by atomic mass is 10.1. The molecule has 2 aromatic carbocycles. The van der Waals surface area contributed by atoms with Crippen LogP contribution in [0.25, 0.3) is 11.4 Å². The molecule has 1 unspecified atom stereocenters. The zero-order valence-corrected chi connectivity index (χ0v) is 21.5. The number of aliphatic hydroxyl groups excluding tert-OH is 1. The number of nitrogens with zero attached hydrogens (tertiary/aromatic N) is 4. The average molecular weight is 523 g/mol. The summed E-state index contributed by atoms with van der Waals surface area (Å²) >= 11 is 6.05. The van der Waals surface area contributed by atoms with Crippen molar-refractivity contribution in [1.29, 1.82) is 0 Å². The highest BCUT2D eigenvalue weighted by Crippen LogP contribution is 2.25. The Hall–Kier alpha value is -3.69. The molecule has 1 atom stereocenters. The standard InChI is InChI=1S/C27H31ClN6O3/c1-19(35)29-11-12-30-24-18-25(32-26(31-24)21-7-9-22(28)10-8-21)33-13-15-34(16-14-33)27(37)23(36)17-20-5-3-2-4-6-20/h2-10,18,23,36H,11-17H2,1H3,(H,29,35)(H,30,31,32). The number of benzene rings is 2. The summed E-state index contributed by atoms with van der Waals surface area (Å²) in [6.07, 6.45) is -0.770. The van der Waals surface area contributed by atoms with E-state index in [0.29, 0.717) is 62.4 Å². The first-order chi connectivity index (χ1) is 17.9. The molecule has 37 heavy (non-hydrogen) atoms. The molecule has 1 saturated heterocycles. The molecule has 4 rings (SSSR count). The third-order valence-corrected chi connectivity index (χ3v) is 6.34. The van der Waals surface area contributed by atoms with Gasteiger partial charge in [-0.1, -0.05) is 41.9 Å². The van der Waals surface area contributed by atoms with Gasteiger partial charge in [-0.3, -0.25) is 9.59 Å². The summed E-state index contributed by atoms with van der Waals surface area (Å²) in [6, 6.07) is 18.7. The van der Waals surface area contributed by atoms with Gasteiger partial charge in [0.05, 0.1) is 0 Å². The van der Waals surface area contributed by atoms with E-state index in [1.807, 2.05) is 48.5 Å². The molecule has 0 bridgehead atoms. The number of halogens is 1. The van der Waals surface area contributed by atoms with E-state index in [9.17, 15) is 14.7 Å². The van der Waals surface area contributed by atoms with E-state index in [2.05, 4.69) is 20.5 Å². The fourth-order valence-corrected chi connectivity index (χ4v) is 4.26. The maximum atomic E-state index is 12.8. The van der Waals surface area contributed by atoms with Gasteiger partial charge in [-0.15, -0.1) is 0 Å². The average Bonchev–Trinajstić information content (AvgIpc) is 2.91. The molecule has 1 fully saturated rings. The minimum Gasteiger partial charge on any atom is -0.383 e. The Balaban J connectivity index is 1.44. The summed E-state index contributed by atoms with van der Waals surface area (Å²) in [7, 11) is 0. The molecule has 194 valence electrons. The number of aromatic nitrogens is 2. The molecule has 2 heterocycles. The van der Waals surface area contributed by atoms with Crippen LogP contribution < -0.4 is 15.5 Å². The number of nitrogens with one attached hydrogen (secondary N) is 2. The molecular formula is C27H31ClN6O3. The first-order valence-corrected chi connectivity index (χ1v) is 12.7. The largest absolute Gasteiger partial charge is 0.383 e. The molecule has 1 aliphatic rings. The first kappa shape index (κ1) is 26.4. The summed E-state index contributed by atoms with van der Waals surface area (Å²) < 4.78 is 0. The van der Waals surface area contributed by atoms with Gasteiger partial charge in [0.1, 0.15) is 17.7 Å².